The summed E-state index contributed by atoms with van der Waals surface area (Å²) in [6, 6.07) is 1.96. The van der Waals surface area contributed by atoms with Crippen LogP contribution in [-0.2, 0) is 18.4 Å². The van der Waals surface area contributed by atoms with Crippen LogP contribution in [0.1, 0.15) is 13.3 Å². The molecule has 7 heteroatoms. The summed E-state index contributed by atoms with van der Waals surface area (Å²) in [5.74, 6) is 0.121. The number of aromatic nitrogens is 4. The van der Waals surface area contributed by atoms with Gasteiger partial charge in [0.05, 0.1) is 24.5 Å². The predicted molar refractivity (Wildman–Crippen MR) is 78.8 cm³/mol. The van der Waals surface area contributed by atoms with Crippen LogP contribution in [0.15, 0.2) is 30.9 Å². The Hall–Kier alpha value is -2.15. The van der Waals surface area contributed by atoms with Crippen molar-refractivity contribution in [2.45, 2.75) is 32.0 Å². The van der Waals surface area contributed by atoms with Gasteiger partial charge in [-0.3, -0.25) is 14.2 Å². The van der Waals surface area contributed by atoms with Gasteiger partial charge in [-0.05, 0) is 19.4 Å². The molecule has 2 atom stereocenters. The number of nitrogens with one attached hydrogen (secondary N) is 1. The van der Waals surface area contributed by atoms with Crippen LogP contribution in [0.3, 0.4) is 0 Å². The standard InChI is InChI=1S/C14H20N6O/c1-11(9-19-6-3-5-15-19)17-13-4-7-20(14(13)21)12-8-16-18(2)10-12/h3,5-6,8,10-11,13,17H,4,7,9H2,1-2H3. The summed E-state index contributed by atoms with van der Waals surface area (Å²) >= 11 is 0. The van der Waals surface area contributed by atoms with Crippen molar-refractivity contribution in [2.75, 3.05) is 11.4 Å². The van der Waals surface area contributed by atoms with Gasteiger partial charge >= 0.3 is 0 Å². The molecule has 0 saturated carbocycles. The van der Waals surface area contributed by atoms with Gasteiger partial charge in [0.2, 0.25) is 5.91 Å². The molecular formula is C14H20N6O. The number of rotatable bonds is 5. The molecule has 2 unspecified atom stereocenters. The summed E-state index contributed by atoms with van der Waals surface area (Å²) in [4.78, 5) is 14.3. The quantitative estimate of drug-likeness (QED) is 0.865. The van der Waals surface area contributed by atoms with Gasteiger partial charge < -0.3 is 10.2 Å². The molecule has 7 nitrogen and oxygen atoms in total. The van der Waals surface area contributed by atoms with E-state index in [1.165, 1.54) is 0 Å². The Morgan fingerprint density at radius 2 is 2.33 bits per heavy atom. The summed E-state index contributed by atoms with van der Waals surface area (Å²) in [6.07, 6.45) is 8.10. The molecule has 3 rings (SSSR count). The minimum atomic E-state index is -0.129. The Morgan fingerprint density at radius 1 is 1.48 bits per heavy atom. The van der Waals surface area contributed by atoms with Crippen molar-refractivity contribution in [3.8, 4) is 0 Å². The molecule has 0 aromatic carbocycles. The largest absolute Gasteiger partial charge is 0.308 e. The normalized spacial score (nSPS) is 20.2. The predicted octanol–water partition coefficient (Wildman–Crippen LogP) is 0.400. The average Bonchev–Trinajstić information content (AvgIpc) is 3.14. The maximum atomic E-state index is 12.5. The zero-order chi connectivity index (χ0) is 14.8. The Labute approximate surface area is 123 Å². The van der Waals surface area contributed by atoms with E-state index < -0.39 is 0 Å². The van der Waals surface area contributed by atoms with Gasteiger partial charge in [0.15, 0.2) is 0 Å². The van der Waals surface area contributed by atoms with Gasteiger partial charge in [-0.25, -0.2) is 0 Å². The summed E-state index contributed by atoms with van der Waals surface area (Å²) in [6.45, 7) is 3.56. The Morgan fingerprint density at radius 3 is 3.00 bits per heavy atom. The number of amides is 1. The summed E-state index contributed by atoms with van der Waals surface area (Å²) in [5, 5.41) is 11.7. The third kappa shape index (κ3) is 2.97. The molecule has 1 N–H and O–H groups in total. The van der Waals surface area contributed by atoms with Crippen molar-refractivity contribution in [1.29, 1.82) is 0 Å². The van der Waals surface area contributed by atoms with Gasteiger partial charge in [-0.2, -0.15) is 10.2 Å². The Balaban J connectivity index is 1.59. The monoisotopic (exact) mass is 288 g/mol. The van der Waals surface area contributed by atoms with E-state index in [9.17, 15) is 4.79 Å². The molecule has 2 aromatic heterocycles. The molecule has 2 aromatic rings. The minimum Gasteiger partial charge on any atom is -0.308 e. The molecule has 21 heavy (non-hydrogen) atoms. The zero-order valence-electron chi connectivity index (χ0n) is 12.3. The van der Waals surface area contributed by atoms with E-state index in [2.05, 4.69) is 22.4 Å². The second kappa shape index (κ2) is 5.69. The van der Waals surface area contributed by atoms with Gasteiger partial charge in [-0.15, -0.1) is 0 Å². The fourth-order valence-corrected chi connectivity index (χ4v) is 2.72. The first-order chi connectivity index (χ1) is 10.1. The lowest BCUT2D eigenvalue weighted by molar-refractivity contribution is -0.119. The number of hydrogen-bond donors (Lipinski definition) is 1. The van der Waals surface area contributed by atoms with Gasteiger partial charge in [0, 0.05) is 38.2 Å². The number of nitrogens with zero attached hydrogens (tertiary/aromatic N) is 5. The third-order valence-electron chi connectivity index (χ3n) is 3.71. The highest BCUT2D eigenvalue weighted by Gasteiger charge is 2.33. The molecule has 1 aliphatic heterocycles. The summed E-state index contributed by atoms with van der Waals surface area (Å²) in [5.41, 5.74) is 0.867. The number of carbonyl (C=O) groups is 1. The topological polar surface area (TPSA) is 68.0 Å². The van der Waals surface area contributed by atoms with Crippen LogP contribution in [0.4, 0.5) is 5.69 Å². The van der Waals surface area contributed by atoms with Crippen molar-refractivity contribution in [1.82, 2.24) is 24.9 Å². The molecule has 1 amide bonds. The van der Waals surface area contributed by atoms with Gasteiger partial charge in [0.1, 0.15) is 0 Å². The molecule has 0 radical (unpaired) electrons. The van der Waals surface area contributed by atoms with Crippen molar-refractivity contribution < 1.29 is 4.79 Å². The lowest BCUT2D eigenvalue weighted by Gasteiger charge is -2.19. The molecule has 3 heterocycles. The molecule has 1 fully saturated rings. The van der Waals surface area contributed by atoms with Crippen molar-refractivity contribution >= 4 is 11.6 Å². The summed E-state index contributed by atoms with van der Waals surface area (Å²) < 4.78 is 3.58. The Kier molecular flexibility index (Phi) is 3.74. The maximum Gasteiger partial charge on any atom is 0.244 e. The number of carbonyl (C=O) groups excluding carboxylic acids is 1. The average molecular weight is 288 g/mol. The number of aryl methyl sites for hydroxylation is 1. The fourth-order valence-electron chi connectivity index (χ4n) is 2.72. The first-order valence-electron chi connectivity index (χ1n) is 7.17. The first kappa shape index (κ1) is 13.8. The second-order valence-corrected chi connectivity index (χ2v) is 5.50. The van der Waals surface area contributed by atoms with Crippen LogP contribution in [0.2, 0.25) is 0 Å². The summed E-state index contributed by atoms with van der Waals surface area (Å²) in [7, 11) is 1.85. The van der Waals surface area contributed by atoms with Crippen LogP contribution < -0.4 is 10.2 Å². The molecule has 0 bridgehead atoms. The lowest BCUT2D eigenvalue weighted by Crippen LogP contribution is -2.44. The van der Waals surface area contributed by atoms with Gasteiger partial charge in [0.25, 0.3) is 0 Å². The molecular weight excluding hydrogens is 268 g/mol. The maximum absolute atomic E-state index is 12.5. The highest BCUT2D eigenvalue weighted by Crippen LogP contribution is 2.20. The molecule has 0 spiro atoms. The molecule has 112 valence electrons. The molecule has 1 saturated heterocycles. The van der Waals surface area contributed by atoms with Crippen LogP contribution in [0.25, 0.3) is 0 Å². The van der Waals surface area contributed by atoms with E-state index in [1.807, 2.05) is 30.2 Å². The minimum absolute atomic E-state index is 0.121. The third-order valence-corrected chi connectivity index (χ3v) is 3.71. The van der Waals surface area contributed by atoms with Crippen LogP contribution in [0, 0.1) is 0 Å². The van der Waals surface area contributed by atoms with Crippen molar-refractivity contribution in [3.63, 3.8) is 0 Å². The highest BCUT2D eigenvalue weighted by molar-refractivity contribution is 5.99. The fraction of sp³-hybridized carbons (Fsp3) is 0.500. The smallest absolute Gasteiger partial charge is 0.244 e. The highest BCUT2D eigenvalue weighted by atomic mass is 16.2. The van der Waals surface area contributed by atoms with E-state index in [-0.39, 0.29) is 18.0 Å². The number of hydrogen-bond acceptors (Lipinski definition) is 4. The van der Waals surface area contributed by atoms with Gasteiger partial charge in [-0.1, -0.05) is 0 Å². The van der Waals surface area contributed by atoms with Crippen molar-refractivity contribution in [2.24, 2.45) is 7.05 Å². The lowest BCUT2D eigenvalue weighted by atomic mass is 10.2. The van der Waals surface area contributed by atoms with E-state index in [0.29, 0.717) is 0 Å². The van der Waals surface area contributed by atoms with Crippen molar-refractivity contribution in [3.05, 3.63) is 30.9 Å². The van der Waals surface area contributed by atoms with Crippen LogP contribution in [-0.4, -0.2) is 44.1 Å². The SMILES string of the molecule is CC(Cn1cccn1)NC1CCN(c2cnn(C)c2)C1=O. The van der Waals surface area contributed by atoms with E-state index in [1.54, 1.807) is 22.0 Å². The van der Waals surface area contributed by atoms with E-state index >= 15 is 0 Å². The van der Waals surface area contributed by atoms with E-state index in [4.69, 9.17) is 0 Å². The van der Waals surface area contributed by atoms with Crippen LogP contribution in [0.5, 0.6) is 0 Å². The number of anilines is 1. The zero-order valence-corrected chi connectivity index (χ0v) is 12.3. The van der Waals surface area contributed by atoms with Crippen LogP contribution >= 0.6 is 0 Å². The molecule has 0 aliphatic carbocycles. The van der Waals surface area contributed by atoms with E-state index in [0.717, 1.165) is 25.2 Å². The Bertz CT molecular complexity index is 605. The second-order valence-electron chi connectivity index (χ2n) is 5.50. The molecule has 1 aliphatic rings. The first-order valence-corrected chi connectivity index (χ1v) is 7.17.